The molecule has 0 bridgehead atoms. The van der Waals surface area contributed by atoms with Gasteiger partial charge in [0.1, 0.15) is 5.82 Å². The zero-order valence-electron chi connectivity index (χ0n) is 11.2. The summed E-state index contributed by atoms with van der Waals surface area (Å²) >= 11 is 0. The van der Waals surface area contributed by atoms with Crippen molar-refractivity contribution in [3.05, 3.63) is 35.6 Å². The SMILES string of the molecule is CCCNC(c1ccccc1F)C1(C)CCCO1. The van der Waals surface area contributed by atoms with Gasteiger partial charge < -0.3 is 10.1 Å². The van der Waals surface area contributed by atoms with Crippen LogP contribution in [0.2, 0.25) is 0 Å². The smallest absolute Gasteiger partial charge is 0.128 e. The average molecular weight is 251 g/mol. The average Bonchev–Trinajstić information content (AvgIpc) is 2.80. The normalized spacial score (nSPS) is 25.3. The Morgan fingerprint density at radius 2 is 2.22 bits per heavy atom. The molecular weight excluding hydrogens is 229 g/mol. The minimum absolute atomic E-state index is 0.0684. The van der Waals surface area contributed by atoms with Gasteiger partial charge in [0.15, 0.2) is 0 Å². The van der Waals surface area contributed by atoms with E-state index in [1.165, 1.54) is 6.07 Å². The summed E-state index contributed by atoms with van der Waals surface area (Å²) in [5.41, 5.74) is 0.424. The second-order valence-electron chi connectivity index (χ2n) is 5.17. The van der Waals surface area contributed by atoms with Gasteiger partial charge in [0.05, 0.1) is 11.6 Å². The fourth-order valence-electron chi connectivity index (χ4n) is 2.68. The van der Waals surface area contributed by atoms with Crippen molar-refractivity contribution in [3.63, 3.8) is 0 Å². The van der Waals surface area contributed by atoms with Crippen LogP contribution in [-0.4, -0.2) is 18.8 Å². The van der Waals surface area contributed by atoms with Gasteiger partial charge >= 0.3 is 0 Å². The van der Waals surface area contributed by atoms with Crippen LogP contribution >= 0.6 is 0 Å². The number of ether oxygens (including phenoxy) is 1. The number of halogens is 1. The molecular formula is C15H22FNO. The molecule has 1 aliphatic rings. The predicted octanol–water partition coefficient (Wildman–Crippen LogP) is 3.44. The van der Waals surface area contributed by atoms with Crippen molar-refractivity contribution < 1.29 is 9.13 Å². The quantitative estimate of drug-likeness (QED) is 0.865. The highest BCUT2D eigenvalue weighted by Gasteiger charge is 2.39. The molecule has 1 saturated heterocycles. The lowest BCUT2D eigenvalue weighted by Crippen LogP contribution is -2.42. The van der Waals surface area contributed by atoms with Gasteiger partial charge in [-0.3, -0.25) is 0 Å². The van der Waals surface area contributed by atoms with Gasteiger partial charge in [0.2, 0.25) is 0 Å². The summed E-state index contributed by atoms with van der Waals surface area (Å²) in [5, 5.41) is 3.44. The van der Waals surface area contributed by atoms with Gasteiger partial charge in [0.25, 0.3) is 0 Å². The van der Waals surface area contributed by atoms with Crippen molar-refractivity contribution in [2.24, 2.45) is 0 Å². The van der Waals surface area contributed by atoms with Crippen LogP contribution in [-0.2, 0) is 4.74 Å². The first-order valence-corrected chi connectivity index (χ1v) is 6.79. The summed E-state index contributed by atoms with van der Waals surface area (Å²) in [6, 6.07) is 6.93. The summed E-state index contributed by atoms with van der Waals surface area (Å²) in [4.78, 5) is 0. The Kier molecular flexibility index (Phi) is 4.36. The Hall–Kier alpha value is -0.930. The van der Waals surface area contributed by atoms with E-state index in [1.54, 1.807) is 6.07 Å². The van der Waals surface area contributed by atoms with Crippen molar-refractivity contribution >= 4 is 0 Å². The fraction of sp³-hybridized carbons (Fsp3) is 0.600. The molecule has 18 heavy (non-hydrogen) atoms. The number of benzene rings is 1. The molecule has 2 nitrogen and oxygen atoms in total. The number of nitrogens with one attached hydrogen (secondary N) is 1. The Bertz CT molecular complexity index is 388. The van der Waals surface area contributed by atoms with Crippen LogP contribution < -0.4 is 5.32 Å². The largest absolute Gasteiger partial charge is 0.373 e. The molecule has 1 aromatic carbocycles. The molecule has 3 heteroatoms. The third-order valence-corrected chi connectivity index (χ3v) is 3.67. The Morgan fingerprint density at radius 1 is 1.44 bits per heavy atom. The zero-order chi connectivity index (χ0) is 13.0. The Labute approximate surface area is 109 Å². The molecule has 1 heterocycles. The second kappa shape index (κ2) is 5.81. The summed E-state index contributed by atoms with van der Waals surface area (Å²) < 4.78 is 19.9. The van der Waals surface area contributed by atoms with Gasteiger partial charge in [-0.05, 0) is 38.8 Å². The van der Waals surface area contributed by atoms with Crippen LogP contribution in [0.25, 0.3) is 0 Å². The first-order chi connectivity index (χ1) is 8.67. The highest BCUT2D eigenvalue weighted by Crippen LogP contribution is 2.38. The van der Waals surface area contributed by atoms with Crippen molar-refractivity contribution in [3.8, 4) is 0 Å². The lowest BCUT2D eigenvalue weighted by atomic mass is 9.87. The van der Waals surface area contributed by atoms with Crippen LogP contribution in [0.1, 0.15) is 44.7 Å². The van der Waals surface area contributed by atoms with E-state index in [-0.39, 0.29) is 17.5 Å². The molecule has 100 valence electrons. The van der Waals surface area contributed by atoms with E-state index >= 15 is 0 Å². The number of hydrogen-bond acceptors (Lipinski definition) is 2. The predicted molar refractivity (Wildman–Crippen MR) is 71.0 cm³/mol. The standard InChI is InChI=1S/C15H22FNO/c1-3-10-17-14(15(2)9-6-11-18-15)12-7-4-5-8-13(12)16/h4-5,7-8,14,17H,3,6,9-11H2,1-2H3. The molecule has 0 aliphatic carbocycles. The fourth-order valence-corrected chi connectivity index (χ4v) is 2.68. The minimum atomic E-state index is -0.294. The first kappa shape index (κ1) is 13.5. The van der Waals surface area contributed by atoms with Crippen molar-refractivity contribution in [2.45, 2.75) is 44.8 Å². The Morgan fingerprint density at radius 3 is 2.83 bits per heavy atom. The van der Waals surface area contributed by atoms with Crippen LogP contribution in [0.3, 0.4) is 0 Å². The van der Waals surface area contributed by atoms with Crippen molar-refractivity contribution in [1.82, 2.24) is 5.32 Å². The van der Waals surface area contributed by atoms with Gasteiger partial charge in [0, 0.05) is 12.2 Å². The third kappa shape index (κ3) is 2.73. The molecule has 0 amide bonds. The molecule has 0 saturated carbocycles. The second-order valence-corrected chi connectivity index (χ2v) is 5.17. The van der Waals surface area contributed by atoms with E-state index in [1.807, 2.05) is 12.1 Å². The van der Waals surface area contributed by atoms with Crippen LogP contribution in [0, 0.1) is 5.82 Å². The molecule has 2 atom stereocenters. The van der Waals surface area contributed by atoms with Gasteiger partial charge in [-0.25, -0.2) is 4.39 Å². The van der Waals surface area contributed by atoms with E-state index < -0.39 is 0 Å². The molecule has 1 fully saturated rings. The van der Waals surface area contributed by atoms with Gasteiger partial charge in [-0.2, -0.15) is 0 Å². The van der Waals surface area contributed by atoms with E-state index in [4.69, 9.17) is 4.74 Å². The van der Waals surface area contributed by atoms with Gasteiger partial charge in [-0.1, -0.05) is 25.1 Å². The topological polar surface area (TPSA) is 21.3 Å². The van der Waals surface area contributed by atoms with E-state index in [0.29, 0.717) is 0 Å². The summed E-state index contributed by atoms with van der Waals surface area (Å²) in [6.45, 7) is 5.84. The van der Waals surface area contributed by atoms with Crippen molar-refractivity contribution in [2.75, 3.05) is 13.2 Å². The van der Waals surface area contributed by atoms with E-state index in [9.17, 15) is 4.39 Å². The minimum Gasteiger partial charge on any atom is -0.373 e. The highest BCUT2D eigenvalue weighted by molar-refractivity contribution is 5.24. The van der Waals surface area contributed by atoms with E-state index in [0.717, 1.165) is 38.0 Å². The zero-order valence-corrected chi connectivity index (χ0v) is 11.2. The summed E-state index contributed by atoms with van der Waals surface area (Å²) in [5.74, 6) is -0.150. The van der Waals surface area contributed by atoms with Gasteiger partial charge in [-0.15, -0.1) is 0 Å². The summed E-state index contributed by atoms with van der Waals surface area (Å²) in [7, 11) is 0. The molecule has 1 aliphatic heterocycles. The number of hydrogen-bond donors (Lipinski definition) is 1. The van der Waals surface area contributed by atoms with E-state index in [2.05, 4.69) is 19.2 Å². The lowest BCUT2D eigenvalue weighted by Gasteiger charge is -2.34. The maximum Gasteiger partial charge on any atom is 0.128 e. The maximum atomic E-state index is 14.0. The lowest BCUT2D eigenvalue weighted by molar-refractivity contribution is -0.0133. The molecule has 0 spiro atoms. The maximum absolute atomic E-state index is 14.0. The molecule has 1 N–H and O–H groups in total. The molecule has 2 unspecified atom stereocenters. The van der Waals surface area contributed by atoms with Crippen LogP contribution in [0.4, 0.5) is 4.39 Å². The molecule has 0 aromatic heterocycles. The Balaban J connectivity index is 2.27. The first-order valence-electron chi connectivity index (χ1n) is 6.79. The molecule has 1 aromatic rings. The third-order valence-electron chi connectivity index (χ3n) is 3.67. The molecule has 0 radical (unpaired) electrons. The summed E-state index contributed by atoms with van der Waals surface area (Å²) in [6.07, 6.45) is 3.05. The van der Waals surface area contributed by atoms with Crippen LogP contribution in [0.15, 0.2) is 24.3 Å². The molecule has 2 rings (SSSR count). The van der Waals surface area contributed by atoms with Crippen molar-refractivity contribution in [1.29, 1.82) is 0 Å². The number of rotatable bonds is 5. The highest BCUT2D eigenvalue weighted by atomic mass is 19.1. The monoisotopic (exact) mass is 251 g/mol. The van der Waals surface area contributed by atoms with Crippen LogP contribution in [0.5, 0.6) is 0 Å².